The lowest BCUT2D eigenvalue weighted by Crippen LogP contribution is -2.04. The molecule has 0 aliphatic heterocycles. The van der Waals surface area contributed by atoms with E-state index in [1.165, 1.54) is 0 Å². The molecule has 7 heteroatoms. The Hall–Kier alpha value is -2.05. The molecule has 0 saturated carbocycles. The van der Waals surface area contributed by atoms with Gasteiger partial charge in [-0.25, -0.2) is 26.3 Å². The summed E-state index contributed by atoms with van der Waals surface area (Å²) < 4.78 is 77.8. The fourth-order valence-electron chi connectivity index (χ4n) is 1.35. The minimum atomic E-state index is -2.25. The van der Waals surface area contributed by atoms with Gasteiger partial charge < -0.3 is 0 Å². The highest BCUT2D eigenvalue weighted by molar-refractivity contribution is 5.61. The molecule has 0 saturated heterocycles. The zero-order chi connectivity index (χ0) is 13.4. The van der Waals surface area contributed by atoms with Crippen molar-refractivity contribution in [2.24, 2.45) is 0 Å². The summed E-state index contributed by atoms with van der Waals surface area (Å²) >= 11 is 0. The predicted molar refractivity (Wildman–Crippen MR) is 49.4 cm³/mol. The average molecular weight is 263 g/mol. The molecule has 1 aromatic carbocycles. The van der Waals surface area contributed by atoms with Crippen LogP contribution in [0, 0.1) is 34.9 Å². The minimum Gasteiger partial charge on any atom is -0.253 e. The van der Waals surface area contributed by atoms with Crippen molar-refractivity contribution in [2.45, 2.75) is 0 Å². The van der Waals surface area contributed by atoms with E-state index in [9.17, 15) is 26.3 Å². The number of hydrogen-bond donors (Lipinski definition) is 0. The highest BCUT2D eigenvalue weighted by Gasteiger charge is 2.27. The van der Waals surface area contributed by atoms with Crippen molar-refractivity contribution < 1.29 is 26.3 Å². The van der Waals surface area contributed by atoms with E-state index in [1.54, 1.807) is 0 Å². The first kappa shape index (κ1) is 12.4. The van der Waals surface area contributed by atoms with Crippen LogP contribution in [0.1, 0.15) is 0 Å². The molecule has 94 valence electrons. The van der Waals surface area contributed by atoms with Gasteiger partial charge in [-0.1, -0.05) is 0 Å². The maximum atomic E-state index is 13.3. The SMILES string of the molecule is Fc1ccc(-c2c(F)c(F)c(F)c(F)c2F)nc1. The molecular weight excluding hydrogens is 260 g/mol. The van der Waals surface area contributed by atoms with E-state index in [0.717, 1.165) is 12.1 Å². The van der Waals surface area contributed by atoms with Crippen molar-refractivity contribution in [2.75, 3.05) is 0 Å². The second kappa shape index (κ2) is 4.32. The number of nitrogens with zero attached hydrogens (tertiary/aromatic N) is 1. The highest BCUT2D eigenvalue weighted by atomic mass is 19.2. The van der Waals surface area contributed by atoms with Gasteiger partial charge in [-0.2, -0.15) is 0 Å². The van der Waals surface area contributed by atoms with Crippen LogP contribution in [0.15, 0.2) is 18.3 Å². The Morgan fingerprint density at radius 2 is 1.17 bits per heavy atom. The number of aromatic nitrogens is 1. The van der Waals surface area contributed by atoms with Gasteiger partial charge in [0.1, 0.15) is 5.82 Å². The van der Waals surface area contributed by atoms with Gasteiger partial charge in [0, 0.05) is 0 Å². The molecular formula is C11H3F6N. The third kappa shape index (κ3) is 1.81. The predicted octanol–water partition coefficient (Wildman–Crippen LogP) is 3.58. The fourth-order valence-corrected chi connectivity index (χ4v) is 1.35. The van der Waals surface area contributed by atoms with E-state index in [1.807, 2.05) is 0 Å². The fraction of sp³-hybridized carbons (Fsp3) is 0. The van der Waals surface area contributed by atoms with E-state index >= 15 is 0 Å². The molecule has 0 aliphatic rings. The Labute approximate surface area is 96.7 Å². The van der Waals surface area contributed by atoms with Crippen LogP contribution in [0.2, 0.25) is 0 Å². The first-order valence-electron chi connectivity index (χ1n) is 4.57. The maximum absolute atomic E-state index is 13.3. The van der Waals surface area contributed by atoms with Crippen LogP contribution < -0.4 is 0 Å². The van der Waals surface area contributed by atoms with Gasteiger partial charge in [0.2, 0.25) is 5.82 Å². The van der Waals surface area contributed by atoms with Crippen LogP contribution in [0.25, 0.3) is 11.3 Å². The molecule has 0 bridgehead atoms. The van der Waals surface area contributed by atoms with Gasteiger partial charge in [0.05, 0.1) is 17.5 Å². The lowest BCUT2D eigenvalue weighted by molar-refractivity contribution is 0.381. The van der Waals surface area contributed by atoms with Crippen LogP contribution in [0.5, 0.6) is 0 Å². The molecule has 1 aromatic heterocycles. The summed E-state index contributed by atoms with van der Waals surface area (Å²) in [5.74, 6) is -11.2. The summed E-state index contributed by atoms with van der Waals surface area (Å²) in [5.41, 5.74) is -1.74. The highest BCUT2D eigenvalue weighted by Crippen LogP contribution is 2.30. The Bertz CT molecular complexity index is 579. The van der Waals surface area contributed by atoms with Crippen molar-refractivity contribution in [3.05, 3.63) is 53.2 Å². The van der Waals surface area contributed by atoms with Crippen molar-refractivity contribution in [3.8, 4) is 11.3 Å². The number of pyridine rings is 1. The molecule has 0 atom stereocenters. The third-order valence-corrected chi connectivity index (χ3v) is 2.19. The second-order valence-electron chi connectivity index (χ2n) is 3.31. The maximum Gasteiger partial charge on any atom is 0.200 e. The Balaban J connectivity index is 2.75. The van der Waals surface area contributed by atoms with Crippen LogP contribution in [-0.4, -0.2) is 4.98 Å². The molecule has 1 heterocycles. The van der Waals surface area contributed by atoms with Gasteiger partial charge in [-0.3, -0.25) is 4.98 Å². The number of benzene rings is 1. The van der Waals surface area contributed by atoms with Crippen LogP contribution in [0.3, 0.4) is 0 Å². The van der Waals surface area contributed by atoms with Crippen molar-refractivity contribution in [1.82, 2.24) is 4.98 Å². The lowest BCUT2D eigenvalue weighted by Gasteiger charge is -2.07. The zero-order valence-corrected chi connectivity index (χ0v) is 8.45. The quantitative estimate of drug-likeness (QED) is 0.435. The number of rotatable bonds is 1. The summed E-state index contributed by atoms with van der Waals surface area (Å²) in [4.78, 5) is 3.27. The summed E-state index contributed by atoms with van der Waals surface area (Å²) in [6.07, 6.45) is 0.605. The first-order chi connectivity index (χ1) is 8.43. The molecule has 0 amide bonds. The molecule has 0 N–H and O–H groups in total. The van der Waals surface area contributed by atoms with Crippen molar-refractivity contribution in [1.29, 1.82) is 0 Å². The van der Waals surface area contributed by atoms with Gasteiger partial charge >= 0.3 is 0 Å². The standard InChI is InChI=1S/C11H3F6N/c12-4-1-2-5(18-3-4)6-7(13)9(15)11(17)10(16)8(6)14/h1-3H. The largest absolute Gasteiger partial charge is 0.253 e. The summed E-state index contributed by atoms with van der Waals surface area (Å²) in [6.45, 7) is 0. The molecule has 2 rings (SSSR count). The van der Waals surface area contributed by atoms with E-state index < -0.39 is 46.2 Å². The summed E-state index contributed by atoms with van der Waals surface area (Å²) in [5, 5.41) is 0. The number of hydrogen-bond acceptors (Lipinski definition) is 1. The van der Waals surface area contributed by atoms with E-state index in [2.05, 4.69) is 4.98 Å². The van der Waals surface area contributed by atoms with Gasteiger partial charge in [-0.15, -0.1) is 0 Å². The van der Waals surface area contributed by atoms with Crippen molar-refractivity contribution in [3.63, 3.8) is 0 Å². The molecule has 0 spiro atoms. The molecule has 0 unspecified atom stereocenters. The molecule has 18 heavy (non-hydrogen) atoms. The third-order valence-electron chi connectivity index (χ3n) is 2.19. The zero-order valence-electron chi connectivity index (χ0n) is 8.45. The minimum absolute atomic E-state index is 0.552. The molecule has 0 fully saturated rings. The van der Waals surface area contributed by atoms with E-state index in [4.69, 9.17) is 0 Å². The summed E-state index contributed by atoms with van der Waals surface area (Å²) in [6, 6.07) is 1.61. The van der Waals surface area contributed by atoms with Crippen LogP contribution >= 0.6 is 0 Å². The Kier molecular flexibility index (Phi) is 2.98. The average Bonchev–Trinajstić information content (AvgIpc) is 2.36. The van der Waals surface area contributed by atoms with Gasteiger partial charge in [-0.05, 0) is 12.1 Å². The monoisotopic (exact) mass is 263 g/mol. The topological polar surface area (TPSA) is 12.9 Å². The second-order valence-corrected chi connectivity index (χ2v) is 3.31. The van der Waals surface area contributed by atoms with E-state index in [0.29, 0.717) is 6.20 Å². The number of halogens is 6. The molecule has 0 aliphatic carbocycles. The first-order valence-corrected chi connectivity index (χ1v) is 4.57. The van der Waals surface area contributed by atoms with Gasteiger partial charge in [0.15, 0.2) is 23.3 Å². The van der Waals surface area contributed by atoms with Crippen LogP contribution in [0.4, 0.5) is 26.3 Å². The normalized spacial score (nSPS) is 10.8. The Morgan fingerprint density at radius 1 is 0.667 bits per heavy atom. The van der Waals surface area contributed by atoms with Gasteiger partial charge in [0.25, 0.3) is 0 Å². The summed E-state index contributed by atoms with van der Waals surface area (Å²) in [7, 11) is 0. The van der Waals surface area contributed by atoms with E-state index in [-0.39, 0.29) is 0 Å². The van der Waals surface area contributed by atoms with Crippen molar-refractivity contribution >= 4 is 0 Å². The molecule has 1 nitrogen and oxygen atoms in total. The lowest BCUT2D eigenvalue weighted by atomic mass is 10.1. The molecule has 2 aromatic rings. The van der Waals surface area contributed by atoms with Crippen LogP contribution in [-0.2, 0) is 0 Å². The smallest absolute Gasteiger partial charge is 0.200 e. The Morgan fingerprint density at radius 3 is 1.61 bits per heavy atom. The molecule has 0 radical (unpaired) electrons.